The van der Waals surface area contributed by atoms with Crippen LogP contribution in [0.2, 0.25) is 0 Å². The first-order chi connectivity index (χ1) is 24.4. The van der Waals surface area contributed by atoms with Gasteiger partial charge in [-0.3, -0.25) is 9.59 Å². The highest BCUT2D eigenvalue weighted by atomic mass is 19.4. The van der Waals surface area contributed by atoms with Crippen LogP contribution in [0, 0.1) is 5.41 Å². The van der Waals surface area contributed by atoms with Crippen molar-refractivity contribution in [3.05, 3.63) is 129 Å². The molecule has 0 N–H and O–H groups in total. The number of hydrogen-bond acceptors (Lipinski definition) is 5. The molecular weight excluding hydrogens is 684 g/mol. The predicted molar refractivity (Wildman–Crippen MR) is 186 cm³/mol. The van der Waals surface area contributed by atoms with Crippen molar-refractivity contribution in [2.45, 2.75) is 57.3 Å². The molecule has 2 atom stereocenters. The van der Waals surface area contributed by atoms with Gasteiger partial charge in [0.2, 0.25) is 0 Å². The van der Waals surface area contributed by atoms with E-state index in [4.69, 9.17) is 9.47 Å². The summed E-state index contributed by atoms with van der Waals surface area (Å²) >= 11 is 0. The molecule has 2 aliphatic rings. The summed E-state index contributed by atoms with van der Waals surface area (Å²) in [5.74, 6) is 0.670. The largest absolute Gasteiger partial charge is 0.497 e. The van der Waals surface area contributed by atoms with E-state index >= 15 is 0 Å². The molecule has 2 unspecified atom stereocenters. The highest BCUT2D eigenvalue weighted by Crippen LogP contribution is 2.47. The van der Waals surface area contributed by atoms with Crippen molar-refractivity contribution < 1.29 is 45.4 Å². The van der Waals surface area contributed by atoms with E-state index in [1.165, 1.54) is 31.4 Å². The Hall–Kier alpha value is -4.64. The third-order valence-corrected chi connectivity index (χ3v) is 9.61. The minimum Gasteiger partial charge on any atom is -0.497 e. The molecule has 11 heteroatoms. The molecule has 0 aliphatic heterocycles. The number of likely N-dealkylation sites (N-methyl/N-ethyl adjacent to an activating group) is 1. The van der Waals surface area contributed by atoms with Crippen molar-refractivity contribution in [1.82, 2.24) is 4.90 Å². The second-order valence-corrected chi connectivity index (χ2v) is 14.1. The number of carbonyl (C=O) groups is 2. The fraction of sp³-hybridized carbons (Fsp3) is 0.366. The molecule has 0 fully saturated rings. The minimum atomic E-state index is -4.40. The third-order valence-electron chi connectivity index (χ3n) is 9.61. The summed E-state index contributed by atoms with van der Waals surface area (Å²) in [5, 5.41) is 0. The Morgan fingerprint density at radius 1 is 0.731 bits per heavy atom. The number of ether oxygens (including phenoxy) is 2. The molecular formula is C41H41F6NO4. The van der Waals surface area contributed by atoms with E-state index in [0.29, 0.717) is 59.6 Å². The molecule has 52 heavy (non-hydrogen) atoms. The molecule has 0 saturated carbocycles. The van der Waals surface area contributed by atoms with E-state index in [1.807, 2.05) is 38.9 Å². The lowest BCUT2D eigenvalue weighted by molar-refractivity contribution is -0.138. The highest BCUT2D eigenvalue weighted by molar-refractivity contribution is 6.03. The number of benzene rings is 4. The first-order valence-electron chi connectivity index (χ1n) is 16.9. The quantitative estimate of drug-likeness (QED) is 0.178. The highest BCUT2D eigenvalue weighted by Gasteiger charge is 2.41. The normalized spacial score (nSPS) is 18.2. The van der Waals surface area contributed by atoms with Crippen LogP contribution in [0.1, 0.15) is 99.0 Å². The number of fused-ring (bicyclic) bond motifs is 2. The number of halogens is 6. The van der Waals surface area contributed by atoms with Gasteiger partial charge in [0.1, 0.15) is 18.1 Å². The molecule has 0 bridgehead atoms. The summed E-state index contributed by atoms with van der Waals surface area (Å²) in [6, 6.07) is 21.3. The van der Waals surface area contributed by atoms with Crippen molar-refractivity contribution in [3.8, 4) is 11.5 Å². The summed E-state index contributed by atoms with van der Waals surface area (Å²) < 4.78 is 89.3. The average Bonchev–Trinajstić information content (AvgIpc) is 3.09. The van der Waals surface area contributed by atoms with Crippen LogP contribution in [0.4, 0.5) is 26.3 Å². The van der Waals surface area contributed by atoms with Gasteiger partial charge in [-0.05, 0) is 85.6 Å². The number of rotatable bonds is 7. The van der Waals surface area contributed by atoms with E-state index in [9.17, 15) is 35.9 Å². The van der Waals surface area contributed by atoms with Crippen LogP contribution in [-0.4, -0.2) is 50.8 Å². The van der Waals surface area contributed by atoms with Gasteiger partial charge in [0.15, 0.2) is 11.6 Å². The van der Waals surface area contributed by atoms with Gasteiger partial charge in [-0.2, -0.15) is 26.3 Å². The Kier molecular flexibility index (Phi) is 11.2. The Balaban J connectivity index is 0.000000206. The topological polar surface area (TPSA) is 55.8 Å². The number of ketones is 2. The Morgan fingerprint density at radius 2 is 1.27 bits per heavy atom. The van der Waals surface area contributed by atoms with Gasteiger partial charge < -0.3 is 14.4 Å². The van der Waals surface area contributed by atoms with E-state index in [0.717, 1.165) is 29.8 Å². The molecule has 2 aliphatic carbocycles. The van der Waals surface area contributed by atoms with Gasteiger partial charge in [0.25, 0.3) is 0 Å². The Labute approximate surface area is 299 Å². The number of nitrogens with zero attached hydrogens (tertiary/aromatic N) is 1. The second kappa shape index (κ2) is 15.1. The zero-order valence-corrected chi connectivity index (χ0v) is 29.6. The molecule has 276 valence electrons. The number of Topliss-reactive ketones (excluding diaryl/α,β-unsaturated/α-hetero) is 2. The van der Waals surface area contributed by atoms with Gasteiger partial charge >= 0.3 is 12.4 Å². The van der Waals surface area contributed by atoms with Crippen LogP contribution in [0.15, 0.2) is 84.9 Å². The molecule has 0 amide bonds. The molecule has 6 rings (SSSR count). The van der Waals surface area contributed by atoms with Crippen LogP contribution in [-0.2, 0) is 12.4 Å². The SMILES string of the molecule is CN(C)CCOc1ccc2c(c1)C(=O)C(C)(C)CC2c1cccc(C(F)(F)F)c1.COc1ccc2c(c1)C(=O)CCC2c1cccc(C(F)(F)F)c1. The molecule has 5 nitrogen and oxygen atoms in total. The summed E-state index contributed by atoms with van der Waals surface area (Å²) in [5.41, 5.74) is 1.74. The monoisotopic (exact) mass is 725 g/mol. The lowest BCUT2D eigenvalue weighted by Crippen LogP contribution is -2.33. The van der Waals surface area contributed by atoms with E-state index < -0.39 is 28.9 Å². The van der Waals surface area contributed by atoms with E-state index in [1.54, 1.807) is 42.5 Å². The summed E-state index contributed by atoms with van der Waals surface area (Å²) in [6.45, 7) is 4.92. The van der Waals surface area contributed by atoms with Gasteiger partial charge in [-0.15, -0.1) is 0 Å². The van der Waals surface area contributed by atoms with Gasteiger partial charge in [0, 0.05) is 41.3 Å². The number of carbonyl (C=O) groups excluding carboxylic acids is 2. The van der Waals surface area contributed by atoms with Crippen LogP contribution >= 0.6 is 0 Å². The molecule has 0 heterocycles. The van der Waals surface area contributed by atoms with Crippen molar-refractivity contribution in [3.63, 3.8) is 0 Å². The summed E-state index contributed by atoms with van der Waals surface area (Å²) in [7, 11) is 5.41. The van der Waals surface area contributed by atoms with Crippen molar-refractivity contribution in [2.75, 3.05) is 34.4 Å². The summed E-state index contributed by atoms with van der Waals surface area (Å²) in [6.07, 6.45) is -7.48. The molecule has 4 aromatic carbocycles. The lowest BCUT2D eigenvalue weighted by atomic mass is 9.66. The molecule has 4 aromatic rings. The maximum atomic E-state index is 13.2. The maximum absolute atomic E-state index is 13.2. The zero-order chi connectivity index (χ0) is 38.0. The number of alkyl halides is 6. The van der Waals surface area contributed by atoms with Gasteiger partial charge in [-0.25, -0.2) is 0 Å². The molecule has 0 saturated heterocycles. The van der Waals surface area contributed by atoms with Crippen LogP contribution in [0.25, 0.3) is 0 Å². The van der Waals surface area contributed by atoms with Crippen LogP contribution in [0.3, 0.4) is 0 Å². The third kappa shape index (κ3) is 8.69. The van der Waals surface area contributed by atoms with E-state index in [-0.39, 0.29) is 23.4 Å². The fourth-order valence-corrected chi connectivity index (χ4v) is 6.83. The summed E-state index contributed by atoms with van der Waals surface area (Å²) in [4.78, 5) is 27.1. The standard InChI is InChI=1S/C23H26F3NO2.C18H15F3O2/c1-22(2)14-20(15-6-5-7-16(12-15)23(24,25)26)18-9-8-17(13-19(18)21(22)28)29-11-10-27(3)4;1-23-13-5-6-15-14(7-8-17(22)16(15)10-13)11-3-2-4-12(9-11)18(19,20)21/h5-9,12-13,20H,10-11,14H2,1-4H3;2-6,9-10,14H,7-8H2,1H3. The smallest absolute Gasteiger partial charge is 0.416 e. The van der Waals surface area contributed by atoms with Crippen molar-refractivity contribution >= 4 is 11.6 Å². The first kappa shape index (κ1) is 38.6. The lowest BCUT2D eigenvalue weighted by Gasteiger charge is -2.36. The maximum Gasteiger partial charge on any atom is 0.416 e. The Bertz CT molecular complexity index is 1930. The van der Waals surface area contributed by atoms with Crippen LogP contribution < -0.4 is 9.47 Å². The molecule has 0 radical (unpaired) electrons. The van der Waals surface area contributed by atoms with Crippen molar-refractivity contribution in [2.24, 2.45) is 5.41 Å². The van der Waals surface area contributed by atoms with E-state index in [2.05, 4.69) is 0 Å². The fourth-order valence-electron chi connectivity index (χ4n) is 6.83. The molecule has 0 aromatic heterocycles. The molecule has 0 spiro atoms. The number of hydrogen-bond donors (Lipinski definition) is 0. The van der Waals surface area contributed by atoms with Crippen LogP contribution in [0.5, 0.6) is 11.5 Å². The Morgan fingerprint density at radius 3 is 1.83 bits per heavy atom. The zero-order valence-electron chi connectivity index (χ0n) is 29.6. The minimum absolute atomic E-state index is 0.00197. The number of methoxy groups -OCH3 is 1. The first-order valence-corrected chi connectivity index (χ1v) is 16.9. The predicted octanol–water partition coefficient (Wildman–Crippen LogP) is 10.2. The van der Waals surface area contributed by atoms with Crippen molar-refractivity contribution in [1.29, 1.82) is 0 Å². The second-order valence-electron chi connectivity index (χ2n) is 14.1. The van der Waals surface area contributed by atoms with Gasteiger partial charge in [0.05, 0.1) is 18.2 Å². The average molecular weight is 726 g/mol. The van der Waals surface area contributed by atoms with Gasteiger partial charge in [-0.1, -0.05) is 62.4 Å².